The molecular formula is C11H21NO. The van der Waals surface area contributed by atoms with Gasteiger partial charge in [0.2, 0.25) is 0 Å². The molecule has 0 spiro atoms. The third kappa shape index (κ3) is 9.12. The van der Waals surface area contributed by atoms with Crippen molar-refractivity contribution in [2.75, 3.05) is 7.11 Å². The van der Waals surface area contributed by atoms with Crippen LogP contribution in [0.25, 0.3) is 0 Å². The fraction of sp³-hybridized carbons (Fsp3) is 0.727. The second-order valence-electron chi connectivity index (χ2n) is 3.17. The van der Waals surface area contributed by atoms with E-state index < -0.39 is 0 Å². The highest BCUT2D eigenvalue weighted by atomic mass is 16.6. The summed E-state index contributed by atoms with van der Waals surface area (Å²) in [5.74, 6) is 0. The van der Waals surface area contributed by atoms with E-state index in [1.54, 1.807) is 7.11 Å². The Morgan fingerprint density at radius 1 is 1.31 bits per heavy atom. The van der Waals surface area contributed by atoms with Crippen LogP contribution >= 0.6 is 0 Å². The molecule has 2 heteroatoms. The quantitative estimate of drug-likeness (QED) is 0.336. The lowest BCUT2D eigenvalue weighted by Gasteiger charge is -1.94. The van der Waals surface area contributed by atoms with Crippen LogP contribution in [0.2, 0.25) is 0 Å². The maximum absolute atomic E-state index is 4.64. The molecule has 0 saturated heterocycles. The largest absolute Gasteiger partial charge is 0.399 e. The van der Waals surface area contributed by atoms with Crippen LogP contribution in [0.1, 0.15) is 46.0 Å². The predicted molar refractivity (Wildman–Crippen MR) is 58.0 cm³/mol. The van der Waals surface area contributed by atoms with Crippen LogP contribution in [0.3, 0.4) is 0 Å². The summed E-state index contributed by atoms with van der Waals surface area (Å²) in [6.45, 7) is 4.16. The maximum atomic E-state index is 4.64. The Bertz CT molecular complexity index is 161. The molecule has 76 valence electrons. The minimum atomic E-state index is 0.929. The molecule has 0 aliphatic carbocycles. The summed E-state index contributed by atoms with van der Waals surface area (Å²) >= 11 is 0. The van der Waals surface area contributed by atoms with Crippen LogP contribution in [-0.2, 0) is 4.84 Å². The van der Waals surface area contributed by atoms with Crippen LogP contribution in [0.15, 0.2) is 17.3 Å². The molecule has 0 aliphatic heterocycles. The van der Waals surface area contributed by atoms with E-state index in [4.69, 9.17) is 0 Å². The number of nitrogens with zero attached hydrogens (tertiary/aromatic N) is 1. The molecule has 0 aliphatic rings. The van der Waals surface area contributed by atoms with Gasteiger partial charge in [-0.2, -0.15) is 0 Å². The first-order chi connectivity index (χ1) is 6.31. The van der Waals surface area contributed by atoms with Crippen LogP contribution in [0, 0.1) is 0 Å². The van der Waals surface area contributed by atoms with Crippen molar-refractivity contribution in [1.29, 1.82) is 0 Å². The lowest BCUT2D eigenvalue weighted by atomic mass is 10.1. The van der Waals surface area contributed by atoms with Crippen LogP contribution in [-0.4, -0.2) is 12.8 Å². The van der Waals surface area contributed by atoms with Gasteiger partial charge in [-0.25, -0.2) is 0 Å². The van der Waals surface area contributed by atoms with E-state index in [0.717, 1.165) is 12.1 Å². The second kappa shape index (κ2) is 9.30. The van der Waals surface area contributed by atoms with Gasteiger partial charge < -0.3 is 4.84 Å². The highest BCUT2D eigenvalue weighted by Crippen LogP contribution is 2.02. The van der Waals surface area contributed by atoms with Crippen molar-refractivity contribution in [3.8, 4) is 0 Å². The molecule has 0 heterocycles. The fourth-order valence-corrected chi connectivity index (χ4v) is 1.12. The third-order valence-corrected chi connectivity index (χ3v) is 1.82. The topological polar surface area (TPSA) is 21.6 Å². The van der Waals surface area contributed by atoms with Gasteiger partial charge in [0.1, 0.15) is 7.11 Å². The minimum Gasteiger partial charge on any atom is -0.399 e. The zero-order valence-corrected chi connectivity index (χ0v) is 9.05. The van der Waals surface area contributed by atoms with Crippen LogP contribution in [0.4, 0.5) is 0 Å². The van der Waals surface area contributed by atoms with Crippen molar-refractivity contribution >= 4 is 5.71 Å². The van der Waals surface area contributed by atoms with Crippen molar-refractivity contribution < 1.29 is 4.84 Å². The molecule has 0 aromatic heterocycles. The zero-order chi connectivity index (χ0) is 9.94. The summed E-state index contributed by atoms with van der Waals surface area (Å²) in [5, 5.41) is 3.79. The maximum Gasteiger partial charge on any atom is 0.106 e. The van der Waals surface area contributed by atoms with Gasteiger partial charge in [0.05, 0.1) is 5.71 Å². The van der Waals surface area contributed by atoms with E-state index in [-0.39, 0.29) is 0 Å². The summed E-state index contributed by atoms with van der Waals surface area (Å²) < 4.78 is 0. The Morgan fingerprint density at radius 3 is 2.69 bits per heavy atom. The summed E-state index contributed by atoms with van der Waals surface area (Å²) in [6, 6.07) is 0. The first kappa shape index (κ1) is 12.2. The predicted octanol–water partition coefficient (Wildman–Crippen LogP) is 3.54. The normalized spacial score (nSPS) is 12.4. The molecule has 0 saturated carbocycles. The average Bonchev–Trinajstić information content (AvgIpc) is 2.11. The summed E-state index contributed by atoms with van der Waals surface area (Å²) in [6.07, 6.45) is 10.6. The van der Waals surface area contributed by atoms with E-state index in [2.05, 4.69) is 23.0 Å². The Balaban J connectivity index is 3.35. The van der Waals surface area contributed by atoms with Gasteiger partial charge in [-0.05, 0) is 25.8 Å². The third-order valence-electron chi connectivity index (χ3n) is 1.82. The average molecular weight is 183 g/mol. The van der Waals surface area contributed by atoms with Crippen molar-refractivity contribution in [3.63, 3.8) is 0 Å². The number of hydrogen-bond donors (Lipinski definition) is 0. The second-order valence-corrected chi connectivity index (χ2v) is 3.17. The van der Waals surface area contributed by atoms with Crippen LogP contribution < -0.4 is 0 Å². The Kier molecular flexibility index (Phi) is 8.73. The van der Waals surface area contributed by atoms with Gasteiger partial charge in [-0.15, -0.1) is 0 Å². The molecule has 0 unspecified atom stereocenters. The highest BCUT2D eigenvalue weighted by Gasteiger charge is 1.85. The molecular weight excluding hydrogens is 162 g/mol. The van der Waals surface area contributed by atoms with Gasteiger partial charge in [-0.1, -0.05) is 37.4 Å². The van der Waals surface area contributed by atoms with Gasteiger partial charge >= 0.3 is 0 Å². The molecule has 2 nitrogen and oxygen atoms in total. The van der Waals surface area contributed by atoms with Crippen molar-refractivity contribution in [3.05, 3.63) is 12.2 Å². The van der Waals surface area contributed by atoms with Gasteiger partial charge in [0.15, 0.2) is 0 Å². The smallest absolute Gasteiger partial charge is 0.106 e. The van der Waals surface area contributed by atoms with E-state index in [9.17, 15) is 0 Å². The SMILES string of the molecule is CCCCCC/C=C/C(C)=N\OC. The lowest BCUT2D eigenvalue weighted by Crippen LogP contribution is -1.85. The van der Waals surface area contributed by atoms with Crippen molar-refractivity contribution in [2.45, 2.75) is 46.0 Å². The molecule has 0 atom stereocenters. The van der Waals surface area contributed by atoms with E-state index in [1.807, 2.05) is 13.0 Å². The molecule has 0 aromatic rings. The van der Waals surface area contributed by atoms with Crippen LogP contribution in [0.5, 0.6) is 0 Å². The summed E-state index contributed by atoms with van der Waals surface area (Å²) in [4.78, 5) is 4.64. The zero-order valence-electron chi connectivity index (χ0n) is 9.05. The molecule has 0 fully saturated rings. The van der Waals surface area contributed by atoms with Crippen molar-refractivity contribution in [1.82, 2.24) is 0 Å². The highest BCUT2D eigenvalue weighted by molar-refractivity contribution is 5.92. The Hall–Kier alpha value is -0.790. The lowest BCUT2D eigenvalue weighted by molar-refractivity contribution is 0.213. The number of unbranched alkanes of at least 4 members (excludes halogenated alkanes) is 4. The number of allylic oxidation sites excluding steroid dienone is 2. The van der Waals surface area contributed by atoms with Gasteiger partial charge in [0, 0.05) is 0 Å². The van der Waals surface area contributed by atoms with Crippen molar-refractivity contribution in [2.24, 2.45) is 5.16 Å². The molecule has 0 N–H and O–H groups in total. The fourth-order valence-electron chi connectivity index (χ4n) is 1.12. The van der Waals surface area contributed by atoms with Gasteiger partial charge in [0.25, 0.3) is 0 Å². The number of rotatable bonds is 7. The summed E-state index contributed by atoms with van der Waals surface area (Å²) in [7, 11) is 1.57. The molecule has 0 aromatic carbocycles. The molecule has 0 amide bonds. The Morgan fingerprint density at radius 2 is 2.08 bits per heavy atom. The summed E-state index contributed by atoms with van der Waals surface area (Å²) in [5.41, 5.74) is 0.929. The standard InChI is InChI=1S/C11H21NO/c1-4-5-6-7-8-9-10-11(2)12-13-3/h9-10H,4-8H2,1-3H3/b10-9+,12-11-. The first-order valence-electron chi connectivity index (χ1n) is 5.05. The molecule has 0 radical (unpaired) electrons. The number of oxime groups is 1. The molecule has 0 bridgehead atoms. The van der Waals surface area contributed by atoms with Gasteiger partial charge in [-0.3, -0.25) is 0 Å². The first-order valence-corrected chi connectivity index (χ1v) is 5.05. The number of hydrogen-bond acceptors (Lipinski definition) is 2. The van der Waals surface area contributed by atoms with E-state index in [0.29, 0.717) is 0 Å². The minimum absolute atomic E-state index is 0.929. The van der Waals surface area contributed by atoms with E-state index >= 15 is 0 Å². The molecule has 0 rings (SSSR count). The Labute approximate surface area is 81.7 Å². The molecule has 13 heavy (non-hydrogen) atoms. The van der Waals surface area contributed by atoms with E-state index in [1.165, 1.54) is 25.7 Å². The monoisotopic (exact) mass is 183 g/mol.